The molecule has 2 saturated heterocycles. The second kappa shape index (κ2) is 3.25. The molecule has 2 rings (SSSR count). The second-order valence-electron chi connectivity index (χ2n) is 5.51. The van der Waals surface area contributed by atoms with Crippen molar-refractivity contribution in [1.82, 2.24) is 10.2 Å². The number of rotatable bonds is 0. The van der Waals surface area contributed by atoms with Crippen molar-refractivity contribution in [3.8, 4) is 0 Å². The van der Waals surface area contributed by atoms with Crippen LogP contribution < -0.4 is 5.32 Å². The monoisotopic (exact) mass is 182 g/mol. The van der Waals surface area contributed by atoms with Gasteiger partial charge < -0.3 is 5.32 Å². The number of nitrogens with one attached hydrogen (secondary N) is 1. The third-order valence-electron chi connectivity index (χ3n) is 3.60. The zero-order valence-corrected chi connectivity index (χ0v) is 9.14. The lowest BCUT2D eigenvalue weighted by Crippen LogP contribution is -2.51. The van der Waals surface area contributed by atoms with Crippen molar-refractivity contribution in [2.24, 2.45) is 5.92 Å². The molecule has 2 atom stereocenters. The Morgan fingerprint density at radius 1 is 1.23 bits per heavy atom. The fraction of sp³-hybridized carbons (Fsp3) is 1.00. The number of likely N-dealkylation sites (tertiary alicyclic amines) is 1. The van der Waals surface area contributed by atoms with Crippen molar-refractivity contribution in [2.75, 3.05) is 19.6 Å². The number of nitrogens with zero attached hydrogens (tertiary/aromatic N) is 1. The number of piperidine rings is 1. The molecular formula is C11H22N2. The first-order chi connectivity index (χ1) is 6.07. The summed E-state index contributed by atoms with van der Waals surface area (Å²) < 4.78 is 0. The van der Waals surface area contributed by atoms with Crippen molar-refractivity contribution in [3.05, 3.63) is 0 Å². The first-order valence-corrected chi connectivity index (χ1v) is 5.56. The van der Waals surface area contributed by atoms with Crippen LogP contribution in [0, 0.1) is 5.92 Å². The predicted molar refractivity (Wildman–Crippen MR) is 55.8 cm³/mol. The van der Waals surface area contributed by atoms with E-state index in [2.05, 4.69) is 31.0 Å². The summed E-state index contributed by atoms with van der Waals surface area (Å²) in [6, 6.07) is 0.832. The van der Waals surface area contributed by atoms with E-state index in [0.717, 1.165) is 12.0 Å². The normalized spacial score (nSPS) is 36.2. The topological polar surface area (TPSA) is 15.3 Å². The lowest BCUT2D eigenvalue weighted by molar-refractivity contribution is 0.0731. The Morgan fingerprint density at radius 3 is 2.69 bits per heavy atom. The highest BCUT2D eigenvalue weighted by Gasteiger charge is 2.35. The third-order valence-corrected chi connectivity index (χ3v) is 3.60. The number of hydrogen-bond donors (Lipinski definition) is 1. The second-order valence-corrected chi connectivity index (χ2v) is 5.51. The Kier molecular flexibility index (Phi) is 2.37. The minimum absolute atomic E-state index is 0.369. The van der Waals surface area contributed by atoms with Crippen LogP contribution in [0.3, 0.4) is 0 Å². The van der Waals surface area contributed by atoms with E-state index in [0.29, 0.717) is 5.54 Å². The van der Waals surface area contributed by atoms with Crippen LogP contribution in [0.1, 0.15) is 33.6 Å². The van der Waals surface area contributed by atoms with Gasteiger partial charge >= 0.3 is 0 Å². The maximum atomic E-state index is 3.60. The van der Waals surface area contributed by atoms with Crippen LogP contribution in [0.25, 0.3) is 0 Å². The first-order valence-electron chi connectivity index (χ1n) is 5.56. The average molecular weight is 182 g/mol. The Labute approximate surface area is 81.7 Å². The maximum Gasteiger partial charge on any atom is 0.0125 e. The highest BCUT2D eigenvalue weighted by molar-refractivity contribution is 4.93. The zero-order chi connectivity index (χ0) is 9.47. The summed E-state index contributed by atoms with van der Waals surface area (Å²) in [6.07, 6.45) is 2.74. The van der Waals surface area contributed by atoms with Gasteiger partial charge in [-0.3, -0.25) is 4.90 Å². The predicted octanol–water partition coefficient (Wildman–Crippen LogP) is 1.47. The van der Waals surface area contributed by atoms with Crippen LogP contribution in [0.2, 0.25) is 0 Å². The van der Waals surface area contributed by atoms with E-state index in [1.807, 2.05) is 0 Å². The molecule has 0 bridgehead atoms. The average Bonchev–Trinajstić information content (AvgIpc) is 2.47. The van der Waals surface area contributed by atoms with E-state index < -0.39 is 0 Å². The molecule has 2 aliphatic rings. The van der Waals surface area contributed by atoms with Crippen molar-refractivity contribution in [1.29, 1.82) is 0 Å². The molecule has 2 heterocycles. The van der Waals surface area contributed by atoms with Gasteiger partial charge in [-0.15, -0.1) is 0 Å². The van der Waals surface area contributed by atoms with Crippen molar-refractivity contribution < 1.29 is 0 Å². The molecule has 0 amide bonds. The summed E-state index contributed by atoms with van der Waals surface area (Å²) in [5, 5.41) is 3.60. The van der Waals surface area contributed by atoms with Gasteiger partial charge in [0.15, 0.2) is 0 Å². The Balaban J connectivity index is 1.97. The van der Waals surface area contributed by atoms with E-state index in [1.165, 1.54) is 32.5 Å². The molecule has 13 heavy (non-hydrogen) atoms. The third kappa shape index (κ3) is 1.89. The highest BCUT2D eigenvalue weighted by atomic mass is 15.2. The summed E-state index contributed by atoms with van der Waals surface area (Å²) in [5.41, 5.74) is 0.369. The van der Waals surface area contributed by atoms with E-state index in [9.17, 15) is 0 Å². The van der Waals surface area contributed by atoms with Crippen molar-refractivity contribution in [3.63, 3.8) is 0 Å². The van der Waals surface area contributed by atoms with Gasteiger partial charge in [-0.05, 0) is 46.1 Å². The standard InChI is InChI=1S/C11H22N2/c1-11(2,3)13-7-5-10-9(8-13)4-6-12-10/h9-10,12H,4-8H2,1-3H3. The van der Waals surface area contributed by atoms with E-state index in [4.69, 9.17) is 0 Å². The van der Waals surface area contributed by atoms with Gasteiger partial charge in [0.1, 0.15) is 0 Å². The summed E-state index contributed by atoms with van der Waals surface area (Å²) in [4.78, 5) is 2.64. The van der Waals surface area contributed by atoms with Gasteiger partial charge in [-0.2, -0.15) is 0 Å². The van der Waals surface area contributed by atoms with Gasteiger partial charge in [0.25, 0.3) is 0 Å². The quantitative estimate of drug-likeness (QED) is 0.610. The summed E-state index contributed by atoms with van der Waals surface area (Å²) in [5.74, 6) is 0.924. The van der Waals surface area contributed by atoms with E-state index >= 15 is 0 Å². The molecule has 2 fully saturated rings. The number of fused-ring (bicyclic) bond motifs is 1. The molecular weight excluding hydrogens is 160 g/mol. The smallest absolute Gasteiger partial charge is 0.0125 e. The molecule has 76 valence electrons. The molecule has 1 N–H and O–H groups in total. The van der Waals surface area contributed by atoms with E-state index in [-0.39, 0.29) is 0 Å². The van der Waals surface area contributed by atoms with Crippen molar-refractivity contribution >= 4 is 0 Å². The lowest BCUT2D eigenvalue weighted by Gasteiger charge is -2.42. The summed E-state index contributed by atoms with van der Waals surface area (Å²) in [6.45, 7) is 10.8. The molecule has 0 radical (unpaired) electrons. The Hall–Kier alpha value is -0.0800. The van der Waals surface area contributed by atoms with Gasteiger partial charge in [0, 0.05) is 24.7 Å². The molecule has 0 aliphatic carbocycles. The van der Waals surface area contributed by atoms with Crippen LogP contribution in [-0.2, 0) is 0 Å². The van der Waals surface area contributed by atoms with Crippen LogP contribution in [0.15, 0.2) is 0 Å². The van der Waals surface area contributed by atoms with Crippen LogP contribution in [0.4, 0.5) is 0 Å². The molecule has 2 heteroatoms. The molecule has 0 spiro atoms. The largest absolute Gasteiger partial charge is 0.314 e. The molecule has 2 aliphatic heterocycles. The first kappa shape index (κ1) is 9.47. The maximum absolute atomic E-state index is 3.60. The minimum atomic E-state index is 0.369. The summed E-state index contributed by atoms with van der Waals surface area (Å²) >= 11 is 0. The van der Waals surface area contributed by atoms with Gasteiger partial charge in [-0.1, -0.05) is 0 Å². The molecule has 0 aromatic carbocycles. The fourth-order valence-electron chi connectivity index (χ4n) is 2.66. The van der Waals surface area contributed by atoms with Crippen LogP contribution >= 0.6 is 0 Å². The Bertz CT molecular complexity index is 183. The minimum Gasteiger partial charge on any atom is -0.314 e. The Morgan fingerprint density at radius 2 is 2.00 bits per heavy atom. The number of hydrogen-bond acceptors (Lipinski definition) is 2. The fourth-order valence-corrected chi connectivity index (χ4v) is 2.66. The lowest BCUT2D eigenvalue weighted by atomic mass is 9.90. The molecule has 2 unspecified atom stereocenters. The highest BCUT2D eigenvalue weighted by Crippen LogP contribution is 2.28. The molecule has 2 nitrogen and oxygen atoms in total. The molecule has 0 aromatic heterocycles. The molecule has 0 saturated carbocycles. The SMILES string of the molecule is CC(C)(C)N1CCC2NCCC2C1. The van der Waals surface area contributed by atoms with Gasteiger partial charge in [0.2, 0.25) is 0 Å². The summed E-state index contributed by atoms with van der Waals surface area (Å²) in [7, 11) is 0. The van der Waals surface area contributed by atoms with Crippen molar-refractivity contribution in [2.45, 2.75) is 45.2 Å². The van der Waals surface area contributed by atoms with Crippen LogP contribution in [0.5, 0.6) is 0 Å². The molecule has 0 aromatic rings. The van der Waals surface area contributed by atoms with E-state index in [1.54, 1.807) is 0 Å². The zero-order valence-electron chi connectivity index (χ0n) is 9.14. The van der Waals surface area contributed by atoms with Gasteiger partial charge in [-0.25, -0.2) is 0 Å². The van der Waals surface area contributed by atoms with Gasteiger partial charge in [0.05, 0.1) is 0 Å². The van der Waals surface area contributed by atoms with Crippen LogP contribution in [-0.4, -0.2) is 36.1 Å².